The van der Waals surface area contributed by atoms with Gasteiger partial charge in [-0.3, -0.25) is 9.59 Å². The van der Waals surface area contributed by atoms with Crippen LogP contribution in [0, 0.1) is 17.3 Å². The number of carbonyl (C=O) groups excluding carboxylic acids is 2. The van der Waals surface area contributed by atoms with Gasteiger partial charge in [-0.1, -0.05) is 32.0 Å². The lowest BCUT2D eigenvalue weighted by Crippen LogP contribution is -2.33. The largest absolute Gasteiger partial charge is 0.469 e. The van der Waals surface area contributed by atoms with Crippen LogP contribution < -0.4 is 0 Å². The molecular formula is C17H21NO3. The number of ether oxygens (including phenoxy) is 1. The zero-order valence-corrected chi connectivity index (χ0v) is 12.8. The monoisotopic (exact) mass is 287 g/mol. The first kappa shape index (κ1) is 14.1. The van der Waals surface area contributed by atoms with Gasteiger partial charge >= 0.3 is 5.97 Å². The highest BCUT2D eigenvalue weighted by molar-refractivity contribution is 5.97. The van der Waals surface area contributed by atoms with Crippen molar-refractivity contribution in [2.45, 2.75) is 20.3 Å². The van der Waals surface area contributed by atoms with Crippen molar-refractivity contribution in [1.29, 1.82) is 0 Å². The van der Waals surface area contributed by atoms with Gasteiger partial charge < -0.3 is 9.64 Å². The first-order valence-corrected chi connectivity index (χ1v) is 7.39. The number of esters is 1. The topological polar surface area (TPSA) is 46.6 Å². The molecule has 0 N–H and O–H groups in total. The van der Waals surface area contributed by atoms with E-state index in [0.29, 0.717) is 22.8 Å². The van der Waals surface area contributed by atoms with E-state index in [1.54, 1.807) is 6.07 Å². The van der Waals surface area contributed by atoms with Crippen molar-refractivity contribution in [1.82, 2.24) is 4.90 Å². The van der Waals surface area contributed by atoms with Crippen molar-refractivity contribution < 1.29 is 14.3 Å². The Morgan fingerprint density at radius 1 is 1.24 bits per heavy atom. The fourth-order valence-electron chi connectivity index (χ4n) is 3.58. The van der Waals surface area contributed by atoms with Crippen molar-refractivity contribution >= 4 is 11.9 Å². The smallest absolute Gasteiger partial charge is 0.310 e. The maximum Gasteiger partial charge on any atom is 0.310 e. The van der Waals surface area contributed by atoms with Crippen LogP contribution in [0.25, 0.3) is 0 Å². The summed E-state index contributed by atoms with van der Waals surface area (Å²) in [7, 11) is 1.36. The highest BCUT2D eigenvalue weighted by Gasteiger charge is 2.62. The Morgan fingerprint density at radius 3 is 2.48 bits per heavy atom. The molecule has 1 amide bonds. The van der Waals surface area contributed by atoms with E-state index in [4.69, 9.17) is 4.74 Å². The molecule has 2 atom stereocenters. The Kier molecular flexibility index (Phi) is 3.27. The van der Waals surface area contributed by atoms with Crippen LogP contribution in [0.15, 0.2) is 24.3 Å². The average Bonchev–Trinajstić information content (AvgIpc) is 2.84. The van der Waals surface area contributed by atoms with Crippen molar-refractivity contribution in [2.75, 3.05) is 20.2 Å². The van der Waals surface area contributed by atoms with Crippen LogP contribution in [0.1, 0.15) is 29.8 Å². The standard InChI is InChI=1S/C17H21NO3/c1-17(2)13-9-18(10-14(13)17)16(20)12-7-5-4-6-11(12)8-15(19)21-3/h4-7,13-14H,8-10H2,1-3H3/t13-,14-/m0/s1. The fourth-order valence-corrected chi connectivity index (χ4v) is 3.58. The number of likely N-dealkylation sites (tertiary alicyclic amines) is 1. The molecule has 1 aliphatic carbocycles. The van der Waals surface area contributed by atoms with Gasteiger partial charge in [0.1, 0.15) is 0 Å². The Hall–Kier alpha value is -1.84. The van der Waals surface area contributed by atoms with Gasteiger partial charge in [0.15, 0.2) is 0 Å². The van der Waals surface area contributed by atoms with E-state index in [-0.39, 0.29) is 18.3 Å². The quantitative estimate of drug-likeness (QED) is 0.800. The number of rotatable bonds is 3. The lowest BCUT2D eigenvalue weighted by atomic mass is 10.0. The highest BCUT2D eigenvalue weighted by atomic mass is 16.5. The molecule has 2 fully saturated rings. The number of fused-ring (bicyclic) bond motifs is 1. The number of nitrogens with zero attached hydrogens (tertiary/aromatic N) is 1. The molecule has 112 valence electrons. The highest BCUT2D eigenvalue weighted by Crippen LogP contribution is 2.62. The number of hydrogen-bond donors (Lipinski definition) is 0. The summed E-state index contributed by atoms with van der Waals surface area (Å²) in [5.74, 6) is 0.988. The van der Waals surface area contributed by atoms with E-state index < -0.39 is 0 Å². The predicted octanol–water partition coefficient (Wildman–Crippen LogP) is 2.13. The summed E-state index contributed by atoms with van der Waals surface area (Å²) in [6, 6.07) is 7.31. The number of benzene rings is 1. The van der Waals surface area contributed by atoms with Crippen molar-refractivity contribution in [3.05, 3.63) is 35.4 Å². The molecule has 21 heavy (non-hydrogen) atoms. The SMILES string of the molecule is COC(=O)Cc1ccccc1C(=O)N1C[C@H]2[C@H](C1)C2(C)C. The zero-order valence-electron chi connectivity index (χ0n) is 12.8. The first-order chi connectivity index (χ1) is 9.95. The molecule has 1 aromatic rings. The molecule has 1 aromatic carbocycles. The summed E-state index contributed by atoms with van der Waals surface area (Å²) in [5.41, 5.74) is 1.76. The lowest BCUT2D eigenvalue weighted by molar-refractivity contribution is -0.139. The van der Waals surface area contributed by atoms with E-state index in [1.165, 1.54) is 7.11 Å². The van der Waals surface area contributed by atoms with Gasteiger partial charge in [0, 0.05) is 18.7 Å². The zero-order chi connectivity index (χ0) is 15.2. The fraction of sp³-hybridized carbons (Fsp3) is 0.529. The van der Waals surface area contributed by atoms with Crippen LogP contribution in [0.4, 0.5) is 0 Å². The van der Waals surface area contributed by atoms with Crippen LogP contribution in [0.5, 0.6) is 0 Å². The van der Waals surface area contributed by atoms with Crippen molar-refractivity contribution in [3.63, 3.8) is 0 Å². The molecule has 1 aliphatic heterocycles. The van der Waals surface area contributed by atoms with E-state index in [2.05, 4.69) is 13.8 Å². The second-order valence-corrected chi connectivity index (χ2v) is 6.65. The summed E-state index contributed by atoms with van der Waals surface area (Å²) < 4.78 is 4.70. The van der Waals surface area contributed by atoms with Gasteiger partial charge in [-0.2, -0.15) is 0 Å². The molecule has 1 saturated heterocycles. The normalized spacial score (nSPS) is 25.4. The third kappa shape index (κ3) is 2.33. The first-order valence-electron chi connectivity index (χ1n) is 7.39. The van der Waals surface area contributed by atoms with Crippen molar-refractivity contribution in [2.24, 2.45) is 17.3 Å². The Bertz CT molecular complexity index is 579. The lowest BCUT2D eigenvalue weighted by Gasteiger charge is -2.23. The van der Waals surface area contributed by atoms with Crippen LogP contribution in [0.2, 0.25) is 0 Å². The summed E-state index contributed by atoms with van der Waals surface area (Å²) in [6.07, 6.45) is 0.143. The van der Waals surface area contributed by atoms with Crippen LogP contribution >= 0.6 is 0 Å². The summed E-state index contributed by atoms with van der Waals surface area (Å²) in [5, 5.41) is 0. The van der Waals surface area contributed by atoms with E-state index in [1.807, 2.05) is 23.1 Å². The van der Waals surface area contributed by atoms with Gasteiger partial charge in [0.05, 0.1) is 13.5 Å². The number of piperidine rings is 1. The predicted molar refractivity (Wildman–Crippen MR) is 78.8 cm³/mol. The molecule has 0 unspecified atom stereocenters. The molecule has 0 bridgehead atoms. The molecular weight excluding hydrogens is 266 g/mol. The third-order valence-electron chi connectivity index (χ3n) is 5.22. The molecule has 2 aliphatic rings. The second-order valence-electron chi connectivity index (χ2n) is 6.65. The third-order valence-corrected chi connectivity index (χ3v) is 5.22. The Balaban J connectivity index is 1.75. The average molecular weight is 287 g/mol. The number of amides is 1. The van der Waals surface area contributed by atoms with E-state index in [9.17, 15) is 9.59 Å². The maximum absolute atomic E-state index is 12.7. The molecule has 0 radical (unpaired) electrons. The molecule has 1 saturated carbocycles. The van der Waals surface area contributed by atoms with Crippen LogP contribution in [0.3, 0.4) is 0 Å². The van der Waals surface area contributed by atoms with Gasteiger partial charge in [-0.05, 0) is 28.9 Å². The number of carbonyl (C=O) groups is 2. The molecule has 3 rings (SSSR count). The minimum Gasteiger partial charge on any atom is -0.469 e. The summed E-state index contributed by atoms with van der Waals surface area (Å²) in [6.45, 7) is 6.22. The van der Waals surface area contributed by atoms with Crippen LogP contribution in [-0.4, -0.2) is 37.0 Å². The summed E-state index contributed by atoms with van der Waals surface area (Å²) in [4.78, 5) is 26.1. The number of hydrogen-bond acceptors (Lipinski definition) is 3. The van der Waals surface area contributed by atoms with E-state index >= 15 is 0 Å². The van der Waals surface area contributed by atoms with Gasteiger partial charge in [0.25, 0.3) is 5.91 Å². The van der Waals surface area contributed by atoms with Gasteiger partial charge in [-0.25, -0.2) is 0 Å². The van der Waals surface area contributed by atoms with E-state index in [0.717, 1.165) is 18.7 Å². The molecule has 0 spiro atoms. The number of methoxy groups -OCH3 is 1. The summed E-state index contributed by atoms with van der Waals surface area (Å²) >= 11 is 0. The Labute approximate surface area is 125 Å². The molecule has 4 heteroatoms. The van der Waals surface area contributed by atoms with Gasteiger partial charge in [0.2, 0.25) is 0 Å². The van der Waals surface area contributed by atoms with Gasteiger partial charge in [-0.15, -0.1) is 0 Å². The second kappa shape index (κ2) is 4.86. The van der Waals surface area contributed by atoms with Crippen molar-refractivity contribution in [3.8, 4) is 0 Å². The molecule has 4 nitrogen and oxygen atoms in total. The maximum atomic E-state index is 12.7. The minimum atomic E-state index is -0.319. The minimum absolute atomic E-state index is 0.0394. The Morgan fingerprint density at radius 2 is 1.86 bits per heavy atom. The van der Waals surface area contributed by atoms with Crippen LogP contribution in [-0.2, 0) is 16.0 Å². The molecule has 1 heterocycles. The molecule has 0 aromatic heterocycles.